The van der Waals surface area contributed by atoms with Crippen LogP contribution < -0.4 is 4.74 Å². The summed E-state index contributed by atoms with van der Waals surface area (Å²) in [6, 6.07) is 11.5. The molecule has 102 valence electrons. The van der Waals surface area contributed by atoms with Crippen LogP contribution in [0.1, 0.15) is 27.6 Å². The van der Waals surface area contributed by atoms with E-state index in [4.69, 9.17) is 9.84 Å². The summed E-state index contributed by atoms with van der Waals surface area (Å²) in [5.74, 6) is -0.317. The highest BCUT2D eigenvalue weighted by atomic mass is 127. The van der Waals surface area contributed by atoms with Crippen LogP contribution in [0.4, 0.5) is 0 Å². The lowest BCUT2D eigenvalue weighted by Gasteiger charge is -2.09. The Balaban J connectivity index is 2.30. The number of hydrogen-bond acceptors (Lipinski definition) is 3. The number of benzene rings is 2. The second-order valence-electron chi connectivity index (χ2n) is 4.13. The molecule has 0 atom stereocenters. The molecule has 0 amide bonds. The average Bonchev–Trinajstić information content (AvgIpc) is 2.41. The predicted octanol–water partition coefficient (Wildman–Crippen LogP) is 3.98. The third-order valence-electron chi connectivity index (χ3n) is 2.66. The number of aromatic carboxylic acids is 1. The first-order valence-corrected chi connectivity index (χ1v) is 6.87. The van der Waals surface area contributed by atoms with E-state index < -0.39 is 5.97 Å². The minimum absolute atomic E-state index is 0.0305. The lowest BCUT2D eigenvalue weighted by Crippen LogP contribution is -2.00. The summed E-state index contributed by atoms with van der Waals surface area (Å²) < 4.78 is 6.38. The van der Waals surface area contributed by atoms with E-state index in [9.17, 15) is 9.59 Å². The van der Waals surface area contributed by atoms with Crippen molar-refractivity contribution in [2.75, 3.05) is 0 Å². The number of carboxylic acid groups (broad SMARTS) is 1. The van der Waals surface area contributed by atoms with Gasteiger partial charge in [0.25, 0.3) is 0 Å². The Labute approximate surface area is 129 Å². The molecule has 20 heavy (non-hydrogen) atoms. The van der Waals surface area contributed by atoms with Gasteiger partial charge in [-0.2, -0.15) is 0 Å². The molecule has 0 unspecified atom stereocenters. The molecule has 2 rings (SSSR count). The minimum atomic E-state index is -1.04. The van der Waals surface area contributed by atoms with Crippen LogP contribution in [0.25, 0.3) is 0 Å². The number of ketones is 1. The maximum absolute atomic E-state index is 11.2. The molecule has 2 aromatic rings. The molecule has 0 aliphatic rings. The summed E-state index contributed by atoms with van der Waals surface area (Å²) in [6.07, 6.45) is 0. The number of Topliss-reactive ketones (excluding diaryl/α,β-unsaturated/α-hetero) is 1. The zero-order chi connectivity index (χ0) is 14.7. The molecule has 0 fully saturated rings. The normalized spacial score (nSPS) is 10.1. The van der Waals surface area contributed by atoms with Gasteiger partial charge in [0.15, 0.2) is 5.78 Å². The van der Waals surface area contributed by atoms with Crippen molar-refractivity contribution in [2.24, 2.45) is 0 Å². The number of carbonyl (C=O) groups is 2. The first-order chi connectivity index (χ1) is 9.47. The Kier molecular flexibility index (Phi) is 4.39. The molecule has 4 nitrogen and oxygen atoms in total. The van der Waals surface area contributed by atoms with E-state index in [1.165, 1.54) is 6.92 Å². The Morgan fingerprint density at radius 2 is 1.75 bits per heavy atom. The maximum atomic E-state index is 11.2. The minimum Gasteiger partial charge on any atom is -0.478 e. The fraction of sp³-hybridized carbons (Fsp3) is 0.0667. The van der Waals surface area contributed by atoms with E-state index in [-0.39, 0.29) is 17.1 Å². The molecule has 0 aliphatic heterocycles. The number of hydrogen-bond donors (Lipinski definition) is 1. The average molecular weight is 382 g/mol. The second kappa shape index (κ2) is 6.04. The fourth-order valence-electron chi connectivity index (χ4n) is 1.64. The van der Waals surface area contributed by atoms with E-state index in [0.29, 0.717) is 11.3 Å². The van der Waals surface area contributed by atoms with Crippen LogP contribution in [-0.4, -0.2) is 16.9 Å². The van der Waals surface area contributed by atoms with E-state index in [1.807, 2.05) is 22.6 Å². The maximum Gasteiger partial charge on any atom is 0.339 e. The highest BCUT2D eigenvalue weighted by molar-refractivity contribution is 14.1. The van der Waals surface area contributed by atoms with Gasteiger partial charge < -0.3 is 9.84 Å². The van der Waals surface area contributed by atoms with Crippen LogP contribution in [0.5, 0.6) is 11.5 Å². The largest absolute Gasteiger partial charge is 0.478 e. The van der Waals surface area contributed by atoms with Gasteiger partial charge in [-0.3, -0.25) is 4.79 Å². The number of ether oxygens (including phenoxy) is 1. The van der Waals surface area contributed by atoms with Crippen LogP contribution in [-0.2, 0) is 0 Å². The molecule has 0 saturated heterocycles. The number of carbonyl (C=O) groups excluding carboxylic acids is 1. The quantitative estimate of drug-likeness (QED) is 0.642. The zero-order valence-corrected chi connectivity index (χ0v) is 12.7. The number of halogens is 1. The molecule has 0 saturated carbocycles. The fourth-order valence-corrected chi connectivity index (χ4v) is 2.13. The molecule has 0 heterocycles. The molecule has 0 spiro atoms. The van der Waals surface area contributed by atoms with Crippen molar-refractivity contribution in [1.82, 2.24) is 0 Å². The van der Waals surface area contributed by atoms with Crippen molar-refractivity contribution >= 4 is 34.3 Å². The van der Waals surface area contributed by atoms with Crippen molar-refractivity contribution in [3.05, 3.63) is 57.2 Å². The zero-order valence-electron chi connectivity index (χ0n) is 10.6. The lowest BCUT2D eigenvalue weighted by molar-refractivity contribution is 0.0694. The van der Waals surface area contributed by atoms with Crippen molar-refractivity contribution < 1.29 is 19.4 Å². The summed E-state index contributed by atoms with van der Waals surface area (Å²) in [5.41, 5.74) is 0.686. The molecule has 0 bridgehead atoms. The first-order valence-electron chi connectivity index (χ1n) is 5.79. The summed E-state index contributed by atoms with van der Waals surface area (Å²) in [4.78, 5) is 22.4. The molecule has 0 radical (unpaired) electrons. The lowest BCUT2D eigenvalue weighted by atomic mass is 10.1. The first kappa shape index (κ1) is 14.5. The van der Waals surface area contributed by atoms with Gasteiger partial charge in [0, 0.05) is 9.13 Å². The molecular weight excluding hydrogens is 371 g/mol. The molecule has 1 N–H and O–H groups in total. The van der Waals surface area contributed by atoms with Crippen molar-refractivity contribution in [2.45, 2.75) is 6.92 Å². The second-order valence-corrected chi connectivity index (χ2v) is 5.37. The van der Waals surface area contributed by atoms with Gasteiger partial charge in [-0.25, -0.2) is 4.79 Å². The molecule has 2 aromatic carbocycles. The third kappa shape index (κ3) is 3.36. The van der Waals surface area contributed by atoms with Gasteiger partial charge in [-0.1, -0.05) is 0 Å². The highest BCUT2D eigenvalue weighted by Crippen LogP contribution is 2.27. The predicted molar refractivity (Wildman–Crippen MR) is 82.6 cm³/mol. The van der Waals surface area contributed by atoms with Crippen LogP contribution in [0.15, 0.2) is 42.5 Å². The summed E-state index contributed by atoms with van der Waals surface area (Å²) in [6.45, 7) is 1.48. The number of carboxylic acids is 1. The van der Waals surface area contributed by atoms with Crippen LogP contribution in [0.3, 0.4) is 0 Å². The van der Waals surface area contributed by atoms with Crippen molar-refractivity contribution in [3.63, 3.8) is 0 Å². The van der Waals surface area contributed by atoms with Crippen molar-refractivity contribution in [3.8, 4) is 11.5 Å². The molecular formula is C15H11IO4. The van der Waals surface area contributed by atoms with E-state index >= 15 is 0 Å². The Morgan fingerprint density at radius 1 is 1.10 bits per heavy atom. The van der Waals surface area contributed by atoms with Crippen molar-refractivity contribution in [1.29, 1.82) is 0 Å². The van der Waals surface area contributed by atoms with Gasteiger partial charge in [-0.15, -0.1) is 0 Å². The van der Waals surface area contributed by atoms with Gasteiger partial charge in [0.1, 0.15) is 17.1 Å². The van der Waals surface area contributed by atoms with E-state index in [0.717, 1.165) is 3.57 Å². The molecule has 5 heteroatoms. The summed E-state index contributed by atoms with van der Waals surface area (Å²) >= 11 is 2.04. The smallest absolute Gasteiger partial charge is 0.339 e. The van der Waals surface area contributed by atoms with E-state index in [2.05, 4.69) is 0 Å². The Morgan fingerprint density at radius 3 is 2.30 bits per heavy atom. The van der Waals surface area contributed by atoms with Gasteiger partial charge in [-0.05, 0) is 72.0 Å². The SMILES string of the molecule is CC(=O)c1ccc(Oc2ccc(I)cc2C(=O)O)cc1. The monoisotopic (exact) mass is 382 g/mol. The third-order valence-corrected chi connectivity index (χ3v) is 3.33. The van der Waals surface area contributed by atoms with Gasteiger partial charge >= 0.3 is 5.97 Å². The molecule has 0 aliphatic carbocycles. The standard InChI is InChI=1S/C15H11IO4/c1-9(17)10-2-5-12(6-3-10)20-14-7-4-11(16)8-13(14)15(18)19/h2-8H,1H3,(H,18,19). The van der Waals surface area contributed by atoms with Gasteiger partial charge in [0.05, 0.1) is 0 Å². The molecule has 0 aromatic heterocycles. The van der Waals surface area contributed by atoms with E-state index in [1.54, 1.807) is 42.5 Å². The van der Waals surface area contributed by atoms with Crippen LogP contribution in [0.2, 0.25) is 0 Å². The number of rotatable bonds is 4. The van der Waals surface area contributed by atoms with Gasteiger partial charge in [0.2, 0.25) is 0 Å². The topological polar surface area (TPSA) is 63.6 Å². The Bertz CT molecular complexity index is 662. The highest BCUT2D eigenvalue weighted by Gasteiger charge is 2.12. The Hall–Kier alpha value is -1.89. The summed E-state index contributed by atoms with van der Waals surface area (Å²) in [5, 5.41) is 9.16. The van der Waals surface area contributed by atoms with Crippen LogP contribution in [0, 0.1) is 3.57 Å². The summed E-state index contributed by atoms with van der Waals surface area (Å²) in [7, 11) is 0. The van der Waals surface area contributed by atoms with Crippen LogP contribution >= 0.6 is 22.6 Å².